The van der Waals surface area contributed by atoms with Gasteiger partial charge < -0.3 is 9.84 Å². The summed E-state index contributed by atoms with van der Waals surface area (Å²) < 4.78 is 42.8. The smallest absolute Gasteiger partial charge is 0.416 e. The Morgan fingerprint density at radius 1 is 1.18 bits per heavy atom. The Kier molecular flexibility index (Phi) is 4.03. The number of alkyl halides is 3. The lowest BCUT2D eigenvalue weighted by atomic mass is 10.1. The molecule has 96 valence electrons. The number of benzene rings is 1. The summed E-state index contributed by atoms with van der Waals surface area (Å²) in [5.41, 5.74) is -0.427. The zero-order valence-corrected chi connectivity index (χ0v) is 9.88. The Labute approximate surface area is 98.0 Å². The van der Waals surface area contributed by atoms with Gasteiger partial charge in [0, 0.05) is 5.56 Å². The number of hydrogen-bond donors (Lipinski definition) is 1. The molecule has 0 radical (unpaired) electrons. The second-order valence-corrected chi connectivity index (χ2v) is 4.09. The second kappa shape index (κ2) is 4.96. The van der Waals surface area contributed by atoms with Crippen molar-refractivity contribution in [1.29, 1.82) is 0 Å². The van der Waals surface area contributed by atoms with Crippen LogP contribution >= 0.6 is 0 Å². The molecular formula is C12H15F3O2. The van der Waals surface area contributed by atoms with E-state index in [1.54, 1.807) is 13.8 Å². The molecule has 0 fully saturated rings. The Morgan fingerprint density at radius 3 is 2.18 bits per heavy atom. The van der Waals surface area contributed by atoms with Crippen molar-refractivity contribution in [3.63, 3.8) is 0 Å². The summed E-state index contributed by atoms with van der Waals surface area (Å²) >= 11 is 0. The molecule has 1 atom stereocenters. The third-order valence-electron chi connectivity index (χ3n) is 2.15. The van der Waals surface area contributed by atoms with Gasteiger partial charge in [0.2, 0.25) is 0 Å². The molecule has 1 aromatic rings. The van der Waals surface area contributed by atoms with Crippen LogP contribution in [-0.4, -0.2) is 11.2 Å². The van der Waals surface area contributed by atoms with Crippen LogP contribution in [0.25, 0.3) is 0 Å². The van der Waals surface area contributed by atoms with Crippen LogP contribution in [0.5, 0.6) is 5.75 Å². The largest absolute Gasteiger partial charge is 0.491 e. The maximum Gasteiger partial charge on any atom is 0.416 e. The van der Waals surface area contributed by atoms with Crippen molar-refractivity contribution in [2.45, 2.75) is 39.2 Å². The zero-order valence-electron chi connectivity index (χ0n) is 9.88. The summed E-state index contributed by atoms with van der Waals surface area (Å²) in [6, 6.07) is 3.10. The highest BCUT2D eigenvalue weighted by molar-refractivity contribution is 5.40. The number of halogens is 3. The van der Waals surface area contributed by atoms with Crippen LogP contribution in [0.3, 0.4) is 0 Å². The van der Waals surface area contributed by atoms with E-state index in [4.69, 9.17) is 4.74 Å². The molecule has 0 saturated heterocycles. The highest BCUT2D eigenvalue weighted by Gasteiger charge is 2.31. The van der Waals surface area contributed by atoms with Gasteiger partial charge in [0.1, 0.15) is 5.75 Å². The Balaban J connectivity index is 3.19. The first-order chi connectivity index (χ1) is 7.71. The molecule has 5 heteroatoms. The molecule has 0 aliphatic heterocycles. The van der Waals surface area contributed by atoms with Gasteiger partial charge in [-0.1, -0.05) is 6.07 Å². The molecule has 0 bridgehead atoms. The third kappa shape index (κ3) is 3.63. The first-order valence-electron chi connectivity index (χ1n) is 5.27. The van der Waals surface area contributed by atoms with E-state index in [1.807, 2.05) is 0 Å². The van der Waals surface area contributed by atoms with E-state index < -0.39 is 17.8 Å². The molecule has 0 aliphatic carbocycles. The molecule has 17 heavy (non-hydrogen) atoms. The van der Waals surface area contributed by atoms with E-state index in [-0.39, 0.29) is 11.9 Å². The highest BCUT2D eigenvalue weighted by Crippen LogP contribution is 2.35. The number of hydrogen-bond acceptors (Lipinski definition) is 2. The number of ether oxygens (including phenoxy) is 1. The van der Waals surface area contributed by atoms with E-state index in [0.29, 0.717) is 5.56 Å². The molecule has 1 N–H and O–H groups in total. The lowest BCUT2D eigenvalue weighted by Crippen LogP contribution is -2.11. The first-order valence-corrected chi connectivity index (χ1v) is 5.27. The molecule has 0 saturated carbocycles. The molecule has 1 unspecified atom stereocenters. The van der Waals surface area contributed by atoms with E-state index in [2.05, 4.69) is 0 Å². The lowest BCUT2D eigenvalue weighted by Gasteiger charge is -2.18. The quantitative estimate of drug-likeness (QED) is 0.886. The number of aliphatic hydroxyl groups excluding tert-OH is 1. The topological polar surface area (TPSA) is 29.5 Å². The number of aliphatic hydroxyl groups is 1. The van der Waals surface area contributed by atoms with Gasteiger partial charge in [-0.2, -0.15) is 13.2 Å². The van der Waals surface area contributed by atoms with Gasteiger partial charge in [-0.05, 0) is 32.9 Å². The molecule has 0 spiro atoms. The monoisotopic (exact) mass is 248 g/mol. The van der Waals surface area contributed by atoms with Gasteiger partial charge in [-0.3, -0.25) is 0 Å². The third-order valence-corrected chi connectivity index (χ3v) is 2.15. The summed E-state index contributed by atoms with van der Waals surface area (Å²) in [5, 5.41) is 9.45. The van der Waals surface area contributed by atoms with Crippen LogP contribution in [0.2, 0.25) is 0 Å². The zero-order chi connectivity index (χ0) is 13.2. The van der Waals surface area contributed by atoms with Crippen molar-refractivity contribution in [2.24, 2.45) is 0 Å². The van der Waals surface area contributed by atoms with E-state index >= 15 is 0 Å². The second-order valence-electron chi connectivity index (χ2n) is 4.09. The Bertz CT molecular complexity index is 384. The summed E-state index contributed by atoms with van der Waals surface area (Å²) in [6.07, 6.45) is -5.53. The predicted molar refractivity (Wildman–Crippen MR) is 57.8 cm³/mol. The average molecular weight is 248 g/mol. The highest BCUT2D eigenvalue weighted by atomic mass is 19.4. The maximum absolute atomic E-state index is 12.5. The minimum atomic E-state index is -4.41. The molecule has 0 heterocycles. The average Bonchev–Trinajstić information content (AvgIpc) is 2.14. The van der Waals surface area contributed by atoms with Crippen LogP contribution < -0.4 is 4.74 Å². The molecular weight excluding hydrogens is 233 g/mol. The SMILES string of the molecule is CC(C)Oc1cc(C(F)(F)F)ccc1C(C)O. The van der Waals surface area contributed by atoms with Crippen molar-refractivity contribution in [3.8, 4) is 5.75 Å². The lowest BCUT2D eigenvalue weighted by molar-refractivity contribution is -0.137. The van der Waals surface area contributed by atoms with Crippen molar-refractivity contribution in [3.05, 3.63) is 29.3 Å². The minimum Gasteiger partial charge on any atom is -0.491 e. The van der Waals surface area contributed by atoms with Crippen molar-refractivity contribution in [2.75, 3.05) is 0 Å². The fourth-order valence-electron chi connectivity index (χ4n) is 1.41. The summed E-state index contributed by atoms with van der Waals surface area (Å²) in [4.78, 5) is 0. The normalized spacial score (nSPS) is 13.9. The standard InChI is InChI=1S/C12H15F3O2/c1-7(2)17-11-6-9(12(13,14)15)4-5-10(11)8(3)16/h4-8,16H,1-3H3. The van der Waals surface area contributed by atoms with Crippen LogP contribution in [0.4, 0.5) is 13.2 Å². The van der Waals surface area contributed by atoms with E-state index in [9.17, 15) is 18.3 Å². The Hall–Kier alpha value is -1.23. The van der Waals surface area contributed by atoms with Crippen LogP contribution in [0.1, 0.15) is 38.0 Å². The van der Waals surface area contributed by atoms with Gasteiger partial charge in [-0.15, -0.1) is 0 Å². The predicted octanol–water partition coefficient (Wildman–Crippen LogP) is 3.55. The van der Waals surface area contributed by atoms with Crippen LogP contribution in [-0.2, 0) is 6.18 Å². The van der Waals surface area contributed by atoms with Crippen molar-refractivity contribution >= 4 is 0 Å². The number of rotatable bonds is 3. The summed E-state index contributed by atoms with van der Waals surface area (Å²) in [5.74, 6) is 0.0739. The molecule has 1 aromatic carbocycles. The van der Waals surface area contributed by atoms with Gasteiger partial charge in [0.15, 0.2) is 0 Å². The van der Waals surface area contributed by atoms with Gasteiger partial charge in [0.25, 0.3) is 0 Å². The summed E-state index contributed by atoms with van der Waals surface area (Å²) in [6.45, 7) is 4.91. The van der Waals surface area contributed by atoms with Crippen LogP contribution in [0, 0.1) is 0 Å². The first kappa shape index (κ1) is 13.8. The summed E-state index contributed by atoms with van der Waals surface area (Å²) in [7, 11) is 0. The minimum absolute atomic E-state index is 0.0739. The van der Waals surface area contributed by atoms with Gasteiger partial charge in [-0.25, -0.2) is 0 Å². The van der Waals surface area contributed by atoms with Crippen molar-refractivity contribution in [1.82, 2.24) is 0 Å². The maximum atomic E-state index is 12.5. The fraction of sp³-hybridized carbons (Fsp3) is 0.500. The van der Waals surface area contributed by atoms with Crippen LogP contribution in [0.15, 0.2) is 18.2 Å². The molecule has 1 rings (SSSR count). The van der Waals surface area contributed by atoms with E-state index in [0.717, 1.165) is 12.1 Å². The van der Waals surface area contributed by atoms with E-state index in [1.165, 1.54) is 13.0 Å². The van der Waals surface area contributed by atoms with Crippen molar-refractivity contribution < 1.29 is 23.0 Å². The molecule has 0 amide bonds. The molecule has 2 nitrogen and oxygen atoms in total. The Morgan fingerprint density at radius 2 is 1.76 bits per heavy atom. The van der Waals surface area contributed by atoms with Gasteiger partial charge >= 0.3 is 6.18 Å². The molecule has 0 aliphatic rings. The fourth-order valence-corrected chi connectivity index (χ4v) is 1.41. The van der Waals surface area contributed by atoms with Gasteiger partial charge in [0.05, 0.1) is 17.8 Å². The molecule has 0 aromatic heterocycles.